The number of hydrogen-bond donors (Lipinski definition) is 2. The average molecular weight is 291 g/mol. The number of nitrogens with one attached hydrogen (secondary N) is 1. The molecule has 2 rings (SSSR count). The minimum absolute atomic E-state index is 0.244. The molecule has 2 atom stereocenters. The van der Waals surface area contributed by atoms with Gasteiger partial charge in [0, 0.05) is 6.54 Å². The van der Waals surface area contributed by atoms with Gasteiger partial charge in [-0.2, -0.15) is 0 Å². The molecule has 0 unspecified atom stereocenters. The standard InChI is InChI=1S/C16H21NO4/c1-10(2)12-5-3-11(4-6-12)9-17-15(18)13-7-8-14(21-13)16(19)20/h3-6,10,13-14H,7-9H2,1-2H3,(H,17,18)(H,19,20)/t13-,14+/m0/s1. The van der Waals surface area contributed by atoms with Crippen molar-refractivity contribution in [2.24, 2.45) is 0 Å². The van der Waals surface area contributed by atoms with Crippen LogP contribution in [0.1, 0.15) is 43.7 Å². The summed E-state index contributed by atoms with van der Waals surface area (Å²) in [5.41, 5.74) is 2.27. The lowest BCUT2D eigenvalue weighted by molar-refractivity contribution is -0.151. The Hall–Kier alpha value is -1.88. The average Bonchev–Trinajstić information content (AvgIpc) is 2.95. The number of carbonyl (C=O) groups excluding carboxylic acids is 1. The van der Waals surface area contributed by atoms with Gasteiger partial charge >= 0.3 is 5.97 Å². The highest BCUT2D eigenvalue weighted by atomic mass is 16.5. The summed E-state index contributed by atoms with van der Waals surface area (Å²) in [7, 11) is 0. The highest BCUT2D eigenvalue weighted by Gasteiger charge is 2.34. The van der Waals surface area contributed by atoms with Crippen molar-refractivity contribution in [3.63, 3.8) is 0 Å². The molecule has 0 bridgehead atoms. The SMILES string of the molecule is CC(C)c1ccc(CNC(=O)[C@@H]2CC[C@H](C(=O)O)O2)cc1. The molecule has 0 spiro atoms. The maximum atomic E-state index is 11.9. The summed E-state index contributed by atoms with van der Waals surface area (Å²) in [6, 6.07) is 8.09. The van der Waals surface area contributed by atoms with Crippen molar-refractivity contribution in [1.29, 1.82) is 0 Å². The van der Waals surface area contributed by atoms with Crippen molar-refractivity contribution in [3.05, 3.63) is 35.4 Å². The lowest BCUT2D eigenvalue weighted by Gasteiger charge is -2.12. The van der Waals surface area contributed by atoms with Gasteiger partial charge in [-0.1, -0.05) is 38.1 Å². The molecule has 1 aliphatic heterocycles. The van der Waals surface area contributed by atoms with E-state index in [1.165, 1.54) is 5.56 Å². The Bertz CT molecular complexity index is 510. The zero-order valence-corrected chi connectivity index (χ0v) is 12.3. The molecule has 1 heterocycles. The maximum absolute atomic E-state index is 11.9. The lowest BCUT2D eigenvalue weighted by atomic mass is 10.0. The molecule has 21 heavy (non-hydrogen) atoms. The van der Waals surface area contributed by atoms with Gasteiger partial charge in [-0.15, -0.1) is 0 Å². The maximum Gasteiger partial charge on any atom is 0.332 e. The van der Waals surface area contributed by atoms with E-state index in [4.69, 9.17) is 9.84 Å². The second-order valence-electron chi connectivity index (χ2n) is 5.64. The van der Waals surface area contributed by atoms with Crippen molar-refractivity contribution in [3.8, 4) is 0 Å². The van der Waals surface area contributed by atoms with Crippen LogP contribution in [0.2, 0.25) is 0 Å². The van der Waals surface area contributed by atoms with E-state index in [1.54, 1.807) is 0 Å². The highest BCUT2D eigenvalue weighted by molar-refractivity contribution is 5.82. The van der Waals surface area contributed by atoms with Gasteiger partial charge in [0.2, 0.25) is 5.91 Å². The van der Waals surface area contributed by atoms with Crippen LogP contribution < -0.4 is 5.32 Å². The van der Waals surface area contributed by atoms with E-state index in [-0.39, 0.29) is 5.91 Å². The molecule has 1 fully saturated rings. The summed E-state index contributed by atoms with van der Waals surface area (Å²) >= 11 is 0. The Morgan fingerprint density at radius 3 is 2.38 bits per heavy atom. The predicted molar refractivity (Wildman–Crippen MR) is 77.9 cm³/mol. The molecule has 114 valence electrons. The Balaban J connectivity index is 1.83. The van der Waals surface area contributed by atoms with E-state index in [0.29, 0.717) is 25.3 Å². The summed E-state index contributed by atoms with van der Waals surface area (Å²) in [6.45, 7) is 4.69. The first-order valence-electron chi connectivity index (χ1n) is 7.22. The largest absolute Gasteiger partial charge is 0.479 e. The van der Waals surface area contributed by atoms with E-state index in [1.807, 2.05) is 12.1 Å². The number of hydrogen-bond acceptors (Lipinski definition) is 3. The number of aliphatic carboxylic acids is 1. The molecule has 1 aromatic rings. The van der Waals surface area contributed by atoms with Crippen molar-refractivity contribution in [2.45, 2.75) is 51.4 Å². The Morgan fingerprint density at radius 2 is 1.86 bits per heavy atom. The van der Waals surface area contributed by atoms with Crippen molar-refractivity contribution >= 4 is 11.9 Å². The number of carbonyl (C=O) groups is 2. The molecule has 2 N–H and O–H groups in total. The molecule has 5 nitrogen and oxygen atoms in total. The van der Waals surface area contributed by atoms with Crippen LogP contribution in [0, 0.1) is 0 Å². The van der Waals surface area contributed by atoms with Crippen molar-refractivity contribution in [2.75, 3.05) is 0 Å². The summed E-state index contributed by atoms with van der Waals surface area (Å²) in [4.78, 5) is 22.7. The van der Waals surface area contributed by atoms with Crippen LogP contribution in [0.15, 0.2) is 24.3 Å². The van der Waals surface area contributed by atoms with Crippen molar-refractivity contribution < 1.29 is 19.4 Å². The van der Waals surface area contributed by atoms with Crippen LogP contribution in [0.3, 0.4) is 0 Å². The third-order valence-electron chi connectivity index (χ3n) is 3.70. The zero-order valence-electron chi connectivity index (χ0n) is 12.3. The molecule has 5 heteroatoms. The fourth-order valence-electron chi connectivity index (χ4n) is 2.34. The van der Waals surface area contributed by atoms with E-state index in [9.17, 15) is 9.59 Å². The van der Waals surface area contributed by atoms with E-state index in [0.717, 1.165) is 5.56 Å². The number of benzene rings is 1. The molecular formula is C16H21NO4. The number of ether oxygens (including phenoxy) is 1. The second-order valence-corrected chi connectivity index (χ2v) is 5.64. The van der Waals surface area contributed by atoms with Crippen LogP contribution in [0.4, 0.5) is 0 Å². The molecular weight excluding hydrogens is 270 g/mol. The second kappa shape index (κ2) is 6.72. The number of rotatable bonds is 5. The number of carboxylic acid groups (broad SMARTS) is 1. The van der Waals surface area contributed by atoms with Crippen LogP contribution in [-0.4, -0.2) is 29.2 Å². The van der Waals surface area contributed by atoms with Crippen LogP contribution in [-0.2, 0) is 20.9 Å². The van der Waals surface area contributed by atoms with Gasteiger partial charge in [0.05, 0.1) is 0 Å². The smallest absolute Gasteiger partial charge is 0.332 e. The van der Waals surface area contributed by atoms with Crippen molar-refractivity contribution in [1.82, 2.24) is 5.32 Å². The van der Waals surface area contributed by atoms with Gasteiger partial charge in [0.1, 0.15) is 6.10 Å². The fourth-order valence-corrected chi connectivity index (χ4v) is 2.34. The third kappa shape index (κ3) is 4.04. The molecule has 1 aromatic carbocycles. The van der Waals surface area contributed by atoms with E-state index < -0.39 is 18.2 Å². The van der Waals surface area contributed by atoms with Gasteiger partial charge in [-0.25, -0.2) is 4.79 Å². The number of carboxylic acids is 1. The van der Waals surface area contributed by atoms with Crippen LogP contribution in [0.25, 0.3) is 0 Å². The quantitative estimate of drug-likeness (QED) is 0.870. The molecule has 0 radical (unpaired) electrons. The number of amides is 1. The lowest BCUT2D eigenvalue weighted by Crippen LogP contribution is -2.35. The van der Waals surface area contributed by atoms with Gasteiger partial charge < -0.3 is 15.2 Å². The monoisotopic (exact) mass is 291 g/mol. The summed E-state index contributed by atoms with van der Waals surface area (Å²) < 4.78 is 5.21. The Morgan fingerprint density at radius 1 is 1.24 bits per heavy atom. The fraction of sp³-hybridized carbons (Fsp3) is 0.500. The first-order chi connectivity index (χ1) is 9.97. The minimum atomic E-state index is -1.01. The Kier molecular flexibility index (Phi) is 4.96. The summed E-state index contributed by atoms with van der Waals surface area (Å²) in [5, 5.41) is 11.6. The van der Waals surface area contributed by atoms with Crippen LogP contribution in [0.5, 0.6) is 0 Å². The first kappa shape index (κ1) is 15.5. The van der Waals surface area contributed by atoms with E-state index >= 15 is 0 Å². The minimum Gasteiger partial charge on any atom is -0.479 e. The normalized spacial score (nSPS) is 21.5. The van der Waals surface area contributed by atoms with Gasteiger partial charge in [-0.3, -0.25) is 4.79 Å². The molecule has 1 aliphatic rings. The zero-order chi connectivity index (χ0) is 15.4. The topological polar surface area (TPSA) is 75.6 Å². The molecule has 0 saturated carbocycles. The predicted octanol–water partition coefficient (Wildman–Crippen LogP) is 2.06. The summed E-state index contributed by atoms with van der Waals surface area (Å²) in [6.07, 6.45) is -0.668. The molecule has 0 aliphatic carbocycles. The van der Waals surface area contributed by atoms with Gasteiger partial charge in [-0.05, 0) is 29.9 Å². The summed E-state index contributed by atoms with van der Waals surface area (Å²) in [5.74, 6) is -0.769. The third-order valence-corrected chi connectivity index (χ3v) is 3.70. The first-order valence-corrected chi connectivity index (χ1v) is 7.22. The molecule has 0 aromatic heterocycles. The highest BCUT2D eigenvalue weighted by Crippen LogP contribution is 2.20. The molecule has 1 saturated heterocycles. The molecule has 1 amide bonds. The van der Waals surface area contributed by atoms with E-state index in [2.05, 4.69) is 31.3 Å². The van der Waals surface area contributed by atoms with Gasteiger partial charge in [0.15, 0.2) is 6.10 Å². The van der Waals surface area contributed by atoms with Gasteiger partial charge in [0.25, 0.3) is 0 Å². The Labute approximate surface area is 124 Å². The van der Waals surface area contributed by atoms with Crippen LogP contribution >= 0.6 is 0 Å².